The summed E-state index contributed by atoms with van der Waals surface area (Å²) in [5, 5.41) is 2.43. The van der Waals surface area contributed by atoms with Crippen molar-refractivity contribution in [3.05, 3.63) is 66.1 Å². The van der Waals surface area contributed by atoms with E-state index in [1.807, 2.05) is 18.5 Å². The molecule has 0 spiro atoms. The molecule has 2 N–H and O–H groups in total. The first kappa shape index (κ1) is 16.5. The van der Waals surface area contributed by atoms with E-state index in [4.69, 9.17) is 5.73 Å². The number of pyridine rings is 2. The Morgan fingerprint density at radius 2 is 2.00 bits per heavy atom. The van der Waals surface area contributed by atoms with Crippen molar-refractivity contribution in [1.29, 1.82) is 0 Å². The normalized spacial score (nSPS) is 15.3. The van der Waals surface area contributed by atoms with Crippen LogP contribution in [0.1, 0.15) is 16.1 Å². The Kier molecular flexibility index (Phi) is 4.50. The molecule has 26 heavy (non-hydrogen) atoms. The van der Waals surface area contributed by atoms with Crippen molar-refractivity contribution >= 4 is 22.5 Å². The van der Waals surface area contributed by atoms with E-state index in [9.17, 15) is 4.79 Å². The lowest BCUT2D eigenvalue weighted by Gasteiger charge is -2.35. The fourth-order valence-electron chi connectivity index (χ4n) is 3.39. The van der Waals surface area contributed by atoms with E-state index in [0.29, 0.717) is 0 Å². The molecule has 1 saturated heterocycles. The Balaban J connectivity index is 1.44. The van der Waals surface area contributed by atoms with Crippen LogP contribution >= 0.6 is 0 Å². The molecule has 1 radical (unpaired) electrons. The molecule has 1 aliphatic rings. The van der Waals surface area contributed by atoms with Crippen LogP contribution in [0.3, 0.4) is 0 Å². The van der Waals surface area contributed by atoms with Crippen LogP contribution in [0.15, 0.2) is 48.8 Å². The predicted molar refractivity (Wildman–Crippen MR) is 101 cm³/mol. The third-order valence-corrected chi connectivity index (χ3v) is 4.77. The van der Waals surface area contributed by atoms with Gasteiger partial charge in [0, 0.05) is 56.6 Å². The number of carbonyl (C=O) groups is 1. The van der Waals surface area contributed by atoms with E-state index in [1.165, 1.54) is 16.3 Å². The molecule has 1 aromatic carbocycles. The molecule has 1 aliphatic heterocycles. The molecular formula is C20H20N5O. The third kappa shape index (κ3) is 3.36. The minimum absolute atomic E-state index is 0.189. The van der Waals surface area contributed by atoms with Crippen molar-refractivity contribution in [2.45, 2.75) is 6.54 Å². The zero-order valence-corrected chi connectivity index (χ0v) is 14.4. The number of hydrogen-bond donors (Lipinski definition) is 1. The van der Waals surface area contributed by atoms with Crippen LogP contribution in [0.4, 0.5) is 5.82 Å². The van der Waals surface area contributed by atoms with E-state index < -0.39 is 5.91 Å². The average molecular weight is 346 g/mol. The first-order valence-corrected chi connectivity index (χ1v) is 8.68. The minimum atomic E-state index is -0.545. The van der Waals surface area contributed by atoms with Gasteiger partial charge in [-0.2, -0.15) is 0 Å². The summed E-state index contributed by atoms with van der Waals surface area (Å²) in [5.41, 5.74) is 6.81. The Morgan fingerprint density at radius 3 is 2.81 bits per heavy atom. The highest BCUT2D eigenvalue weighted by molar-refractivity contribution is 5.90. The summed E-state index contributed by atoms with van der Waals surface area (Å²) in [6.45, 7) is 4.52. The molecule has 0 saturated carbocycles. The summed E-state index contributed by atoms with van der Waals surface area (Å²) >= 11 is 0. The molecule has 1 fully saturated rings. The standard InChI is InChI=1S/C20H20N5O/c21-20(26)18-5-2-6-19(23-18)25-11-9-24(10-12-25)14-16-4-1-3-15-13-22-8-7-17(15)16/h1-4,6-8,13H,9-12,14H2,(H2,21,26). The minimum Gasteiger partial charge on any atom is -0.364 e. The maximum absolute atomic E-state index is 11.3. The van der Waals surface area contributed by atoms with E-state index in [-0.39, 0.29) is 5.69 Å². The maximum Gasteiger partial charge on any atom is 0.268 e. The van der Waals surface area contributed by atoms with Gasteiger partial charge in [-0.15, -0.1) is 0 Å². The molecule has 0 bridgehead atoms. The predicted octanol–water partition coefficient (Wildman–Crippen LogP) is 1.85. The van der Waals surface area contributed by atoms with E-state index in [1.54, 1.807) is 6.07 Å². The Labute approximate surface area is 152 Å². The number of nitrogens with two attached hydrogens (primary N) is 1. The summed E-state index contributed by atoms with van der Waals surface area (Å²) in [6.07, 6.45) is 3.75. The number of piperazine rings is 1. The lowest BCUT2D eigenvalue weighted by molar-refractivity contribution is 0.0995. The second-order valence-corrected chi connectivity index (χ2v) is 6.44. The smallest absolute Gasteiger partial charge is 0.268 e. The molecule has 4 rings (SSSR count). The first-order chi connectivity index (χ1) is 12.7. The van der Waals surface area contributed by atoms with Crippen LogP contribution in [0.25, 0.3) is 10.8 Å². The molecule has 131 valence electrons. The number of rotatable bonds is 4. The fraction of sp³-hybridized carbons (Fsp3) is 0.250. The van der Waals surface area contributed by atoms with Gasteiger partial charge in [-0.05, 0) is 29.1 Å². The summed E-state index contributed by atoms with van der Waals surface area (Å²) < 4.78 is 0. The van der Waals surface area contributed by atoms with Crippen molar-refractivity contribution in [2.24, 2.45) is 5.73 Å². The van der Waals surface area contributed by atoms with E-state index in [0.717, 1.165) is 38.5 Å². The van der Waals surface area contributed by atoms with Gasteiger partial charge in [-0.25, -0.2) is 4.98 Å². The lowest BCUT2D eigenvalue weighted by Crippen LogP contribution is -2.46. The molecule has 0 aliphatic carbocycles. The molecule has 0 atom stereocenters. The van der Waals surface area contributed by atoms with E-state index >= 15 is 0 Å². The van der Waals surface area contributed by atoms with E-state index in [2.05, 4.69) is 50.1 Å². The second kappa shape index (κ2) is 7.09. The largest absolute Gasteiger partial charge is 0.364 e. The van der Waals surface area contributed by atoms with Gasteiger partial charge in [0.15, 0.2) is 0 Å². The summed E-state index contributed by atoms with van der Waals surface area (Å²) in [4.78, 5) is 24.4. The van der Waals surface area contributed by atoms with Crippen LogP contribution in [-0.2, 0) is 6.54 Å². The summed E-state index contributed by atoms with van der Waals surface area (Å²) in [6, 6.07) is 14.8. The molecule has 2 aromatic heterocycles. The number of aromatic nitrogens is 2. The number of benzene rings is 1. The Morgan fingerprint density at radius 1 is 1.15 bits per heavy atom. The van der Waals surface area contributed by atoms with Crippen molar-refractivity contribution in [1.82, 2.24) is 14.9 Å². The molecule has 6 heteroatoms. The number of fused-ring (bicyclic) bond motifs is 1. The van der Waals surface area contributed by atoms with Gasteiger partial charge in [0.2, 0.25) is 0 Å². The highest BCUT2D eigenvalue weighted by atomic mass is 16.1. The van der Waals surface area contributed by atoms with Gasteiger partial charge in [-0.1, -0.05) is 18.2 Å². The van der Waals surface area contributed by atoms with Crippen LogP contribution < -0.4 is 10.6 Å². The quantitative estimate of drug-likeness (QED) is 0.780. The van der Waals surface area contributed by atoms with Gasteiger partial charge in [0.1, 0.15) is 11.5 Å². The zero-order valence-electron chi connectivity index (χ0n) is 14.4. The number of primary amides is 1. The topological polar surface area (TPSA) is 75.4 Å². The maximum atomic E-state index is 11.3. The van der Waals surface area contributed by atoms with Crippen molar-refractivity contribution in [3.8, 4) is 0 Å². The molecule has 1 amide bonds. The highest BCUT2D eigenvalue weighted by Gasteiger charge is 2.19. The van der Waals surface area contributed by atoms with Crippen LogP contribution in [0, 0.1) is 6.07 Å². The summed E-state index contributed by atoms with van der Waals surface area (Å²) in [5.74, 6) is 0.240. The van der Waals surface area contributed by atoms with Crippen molar-refractivity contribution in [2.75, 3.05) is 31.1 Å². The number of anilines is 1. The van der Waals surface area contributed by atoms with Crippen LogP contribution in [-0.4, -0.2) is 47.0 Å². The zero-order chi connectivity index (χ0) is 17.9. The number of carbonyl (C=O) groups excluding carboxylic acids is 1. The fourth-order valence-corrected chi connectivity index (χ4v) is 3.39. The van der Waals surface area contributed by atoms with Crippen LogP contribution in [0.5, 0.6) is 0 Å². The van der Waals surface area contributed by atoms with Crippen molar-refractivity contribution in [3.63, 3.8) is 0 Å². The number of nitrogens with zero attached hydrogens (tertiary/aromatic N) is 4. The number of hydrogen-bond acceptors (Lipinski definition) is 5. The molecule has 0 unspecified atom stereocenters. The lowest BCUT2D eigenvalue weighted by atomic mass is 10.1. The Bertz CT molecular complexity index is 929. The monoisotopic (exact) mass is 346 g/mol. The SMILES string of the molecule is NC(=O)c1[c]ccc(N2CCN(Cc3cccc4cnccc34)CC2)n1. The molecule has 6 nitrogen and oxygen atoms in total. The highest BCUT2D eigenvalue weighted by Crippen LogP contribution is 2.21. The molecule has 3 aromatic rings. The van der Waals surface area contributed by atoms with Gasteiger partial charge in [0.05, 0.1) is 0 Å². The Hall–Kier alpha value is -2.99. The van der Waals surface area contributed by atoms with Gasteiger partial charge in [-0.3, -0.25) is 14.7 Å². The van der Waals surface area contributed by atoms with Gasteiger partial charge < -0.3 is 10.6 Å². The van der Waals surface area contributed by atoms with Crippen molar-refractivity contribution < 1.29 is 4.79 Å². The second-order valence-electron chi connectivity index (χ2n) is 6.44. The van der Waals surface area contributed by atoms with Crippen LogP contribution in [0.2, 0.25) is 0 Å². The average Bonchev–Trinajstić information content (AvgIpc) is 2.69. The molecule has 3 heterocycles. The van der Waals surface area contributed by atoms with Gasteiger partial charge in [0.25, 0.3) is 5.91 Å². The number of amides is 1. The first-order valence-electron chi connectivity index (χ1n) is 8.68. The molecular weight excluding hydrogens is 326 g/mol. The third-order valence-electron chi connectivity index (χ3n) is 4.77. The van der Waals surface area contributed by atoms with Gasteiger partial charge >= 0.3 is 0 Å². The summed E-state index contributed by atoms with van der Waals surface area (Å²) in [7, 11) is 0.